The highest BCUT2D eigenvalue weighted by molar-refractivity contribution is 7.12. The van der Waals surface area contributed by atoms with Crippen molar-refractivity contribution in [2.45, 2.75) is 12.8 Å². The second-order valence-corrected chi connectivity index (χ2v) is 6.17. The van der Waals surface area contributed by atoms with Gasteiger partial charge in [0.05, 0.1) is 4.88 Å². The minimum atomic E-state index is -0.221. The van der Waals surface area contributed by atoms with E-state index in [1.165, 1.54) is 16.2 Å². The van der Waals surface area contributed by atoms with Crippen molar-refractivity contribution in [2.24, 2.45) is 0 Å². The molecule has 0 unspecified atom stereocenters. The van der Waals surface area contributed by atoms with Crippen LogP contribution in [0.25, 0.3) is 0 Å². The lowest BCUT2D eigenvalue weighted by atomic mass is 10.1. The number of hydrogen-bond donors (Lipinski definition) is 1. The van der Waals surface area contributed by atoms with Gasteiger partial charge in [0.1, 0.15) is 0 Å². The number of nitrogens with zero attached hydrogens (tertiary/aromatic N) is 1. The molecule has 0 saturated carbocycles. The van der Waals surface area contributed by atoms with Crippen LogP contribution in [0.5, 0.6) is 0 Å². The van der Waals surface area contributed by atoms with Crippen LogP contribution < -0.4 is 5.32 Å². The first kappa shape index (κ1) is 16.9. The van der Waals surface area contributed by atoms with E-state index >= 15 is 0 Å². The first-order valence-corrected chi connectivity index (χ1v) is 8.03. The molecule has 0 atom stereocenters. The Morgan fingerprint density at radius 1 is 1.04 bits per heavy atom. The molecular weight excluding hydrogens is 312 g/mol. The number of amides is 2. The third-order valence-electron chi connectivity index (χ3n) is 3.20. The number of ketones is 1. The summed E-state index contributed by atoms with van der Waals surface area (Å²) in [5.41, 5.74) is 1.16. The van der Waals surface area contributed by atoms with Gasteiger partial charge in [0.15, 0.2) is 5.78 Å². The Morgan fingerprint density at radius 3 is 2.30 bits per heavy atom. The molecule has 0 aliphatic carbocycles. The van der Waals surface area contributed by atoms with Crippen LogP contribution in [0.2, 0.25) is 0 Å². The summed E-state index contributed by atoms with van der Waals surface area (Å²) in [6, 6.07) is 10.2. The molecule has 0 radical (unpaired) electrons. The van der Waals surface area contributed by atoms with Crippen LogP contribution >= 0.6 is 11.3 Å². The quantitative estimate of drug-likeness (QED) is 0.828. The van der Waals surface area contributed by atoms with Crippen molar-refractivity contribution in [1.82, 2.24) is 4.90 Å². The molecule has 1 aromatic carbocycles. The summed E-state index contributed by atoms with van der Waals surface area (Å²) in [5.74, 6) is -0.340. The lowest BCUT2D eigenvalue weighted by Gasteiger charge is -2.11. The number of carbonyl (C=O) groups is 3. The highest BCUT2D eigenvalue weighted by atomic mass is 32.1. The minimum absolute atomic E-state index is 0.0259. The number of Topliss-reactive ketones (excluding diaryl/α,β-unsaturated/α-hetero) is 1. The van der Waals surface area contributed by atoms with E-state index in [0.29, 0.717) is 16.1 Å². The molecule has 1 heterocycles. The van der Waals surface area contributed by atoms with Crippen LogP contribution in [0.1, 0.15) is 32.9 Å². The third-order valence-corrected chi connectivity index (χ3v) is 4.11. The first-order chi connectivity index (χ1) is 11.0. The Bertz CT molecular complexity index is 691. The van der Waals surface area contributed by atoms with E-state index < -0.39 is 0 Å². The lowest BCUT2D eigenvalue weighted by Crippen LogP contribution is -2.21. The maximum Gasteiger partial charge on any atom is 0.253 e. The monoisotopic (exact) mass is 330 g/mol. The maximum atomic E-state index is 11.9. The van der Waals surface area contributed by atoms with Crippen molar-refractivity contribution in [3.8, 4) is 0 Å². The minimum Gasteiger partial charge on any atom is -0.345 e. The molecule has 23 heavy (non-hydrogen) atoms. The van der Waals surface area contributed by atoms with E-state index in [4.69, 9.17) is 0 Å². The van der Waals surface area contributed by atoms with Gasteiger partial charge in [-0.3, -0.25) is 14.4 Å². The molecule has 1 aromatic heterocycles. The van der Waals surface area contributed by atoms with Crippen LogP contribution in [0, 0.1) is 0 Å². The normalized spacial score (nSPS) is 10.2. The van der Waals surface area contributed by atoms with E-state index in [-0.39, 0.29) is 30.4 Å². The molecule has 0 fully saturated rings. The summed E-state index contributed by atoms with van der Waals surface area (Å²) in [6.45, 7) is 0. The van der Waals surface area contributed by atoms with Crippen molar-refractivity contribution in [1.29, 1.82) is 0 Å². The maximum absolute atomic E-state index is 11.9. The van der Waals surface area contributed by atoms with Crippen LogP contribution in [0.3, 0.4) is 0 Å². The Balaban J connectivity index is 1.85. The summed E-state index contributed by atoms with van der Waals surface area (Å²) in [5, 5.41) is 4.56. The fourth-order valence-electron chi connectivity index (χ4n) is 1.97. The molecule has 0 aliphatic rings. The van der Waals surface area contributed by atoms with Crippen LogP contribution in [0.4, 0.5) is 5.69 Å². The lowest BCUT2D eigenvalue weighted by molar-refractivity contribution is -0.116. The number of carbonyl (C=O) groups excluding carboxylic acids is 3. The van der Waals surface area contributed by atoms with Crippen LogP contribution in [-0.2, 0) is 4.79 Å². The predicted octanol–water partition coefficient (Wildman–Crippen LogP) is 3.05. The average Bonchev–Trinajstić information content (AvgIpc) is 3.07. The first-order valence-electron chi connectivity index (χ1n) is 7.15. The number of hydrogen-bond acceptors (Lipinski definition) is 4. The molecule has 0 bridgehead atoms. The fourth-order valence-corrected chi connectivity index (χ4v) is 2.66. The Labute approximate surface area is 138 Å². The number of nitrogens with one attached hydrogen (secondary N) is 1. The standard InChI is InChI=1S/C17H18N2O3S/c1-19(2)17(22)12-5-7-13(8-6-12)18-16(21)10-9-14(20)15-4-3-11-23-15/h3-8,11H,9-10H2,1-2H3,(H,18,21). The highest BCUT2D eigenvalue weighted by Crippen LogP contribution is 2.14. The Kier molecular flexibility index (Phi) is 5.65. The summed E-state index contributed by atoms with van der Waals surface area (Å²) < 4.78 is 0. The van der Waals surface area contributed by atoms with Gasteiger partial charge >= 0.3 is 0 Å². The van der Waals surface area contributed by atoms with Crippen LogP contribution in [-0.4, -0.2) is 36.6 Å². The van der Waals surface area contributed by atoms with Crippen molar-refractivity contribution in [3.05, 3.63) is 52.2 Å². The number of rotatable bonds is 6. The molecule has 0 aliphatic heterocycles. The zero-order chi connectivity index (χ0) is 16.8. The average molecular weight is 330 g/mol. The SMILES string of the molecule is CN(C)C(=O)c1ccc(NC(=O)CCC(=O)c2cccs2)cc1. The number of anilines is 1. The summed E-state index contributed by atoms with van der Waals surface area (Å²) in [4.78, 5) is 37.6. The smallest absolute Gasteiger partial charge is 0.253 e. The summed E-state index contributed by atoms with van der Waals surface area (Å²) in [6.07, 6.45) is 0.318. The molecule has 0 saturated heterocycles. The van der Waals surface area contributed by atoms with E-state index in [1.54, 1.807) is 44.4 Å². The second-order valence-electron chi connectivity index (χ2n) is 5.23. The van der Waals surface area contributed by atoms with Gasteiger partial charge < -0.3 is 10.2 Å². The van der Waals surface area contributed by atoms with Gasteiger partial charge in [-0.05, 0) is 35.7 Å². The van der Waals surface area contributed by atoms with E-state index in [9.17, 15) is 14.4 Å². The molecule has 2 aromatic rings. The van der Waals surface area contributed by atoms with Crippen LogP contribution in [0.15, 0.2) is 41.8 Å². The number of benzene rings is 1. The Hall–Kier alpha value is -2.47. The fraction of sp³-hybridized carbons (Fsp3) is 0.235. The van der Waals surface area contributed by atoms with Crippen molar-refractivity contribution in [2.75, 3.05) is 19.4 Å². The van der Waals surface area contributed by atoms with Gasteiger partial charge in [-0.1, -0.05) is 6.07 Å². The van der Waals surface area contributed by atoms with E-state index in [2.05, 4.69) is 5.32 Å². The Morgan fingerprint density at radius 2 is 1.74 bits per heavy atom. The van der Waals surface area contributed by atoms with Gasteiger partial charge in [-0.2, -0.15) is 0 Å². The van der Waals surface area contributed by atoms with Gasteiger partial charge in [-0.25, -0.2) is 0 Å². The molecule has 5 nitrogen and oxygen atoms in total. The second kappa shape index (κ2) is 7.69. The van der Waals surface area contributed by atoms with Gasteiger partial charge in [0, 0.05) is 38.2 Å². The van der Waals surface area contributed by atoms with E-state index in [0.717, 1.165) is 0 Å². The van der Waals surface area contributed by atoms with Gasteiger partial charge in [0.25, 0.3) is 5.91 Å². The molecule has 120 valence electrons. The van der Waals surface area contributed by atoms with Crippen molar-refractivity contribution in [3.63, 3.8) is 0 Å². The summed E-state index contributed by atoms with van der Waals surface area (Å²) in [7, 11) is 3.37. The molecule has 6 heteroatoms. The molecule has 2 rings (SSSR count). The third kappa shape index (κ3) is 4.75. The topological polar surface area (TPSA) is 66.5 Å². The molecule has 1 N–H and O–H groups in total. The zero-order valence-corrected chi connectivity index (χ0v) is 13.9. The molecular formula is C17H18N2O3S. The predicted molar refractivity (Wildman–Crippen MR) is 91.0 cm³/mol. The molecule has 2 amide bonds. The number of thiophene rings is 1. The summed E-state index contributed by atoms with van der Waals surface area (Å²) >= 11 is 1.38. The molecule has 0 spiro atoms. The van der Waals surface area contributed by atoms with E-state index in [1.807, 2.05) is 11.4 Å². The van der Waals surface area contributed by atoms with Crippen molar-refractivity contribution < 1.29 is 14.4 Å². The highest BCUT2D eigenvalue weighted by Gasteiger charge is 2.11. The van der Waals surface area contributed by atoms with Crippen molar-refractivity contribution >= 4 is 34.6 Å². The zero-order valence-electron chi connectivity index (χ0n) is 13.0. The largest absolute Gasteiger partial charge is 0.345 e. The van der Waals surface area contributed by atoms with Gasteiger partial charge in [0.2, 0.25) is 5.91 Å². The van der Waals surface area contributed by atoms with Gasteiger partial charge in [-0.15, -0.1) is 11.3 Å².